The van der Waals surface area contributed by atoms with Crippen molar-refractivity contribution >= 4 is 5.57 Å². The van der Waals surface area contributed by atoms with Gasteiger partial charge in [0.05, 0.1) is 5.60 Å². The van der Waals surface area contributed by atoms with Crippen molar-refractivity contribution < 1.29 is 5.11 Å². The lowest BCUT2D eigenvalue weighted by molar-refractivity contribution is 0.103. The molecule has 1 aromatic rings. The summed E-state index contributed by atoms with van der Waals surface area (Å²) in [6.45, 7) is 1.83. The summed E-state index contributed by atoms with van der Waals surface area (Å²) in [5.74, 6) is 0. The molecule has 1 aromatic carbocycles. The van der Waals surface area contributed by atoms with E-state index < -0.39 is 5.60 Å². The van der Waals surface area contributed by atoms with Crippen molar-refractivity contribution in [3.05, 3.63) is 42.0 Å². The van der Waals surface area contributed by atoms with Gasteiger partial charge in [0, 0.05) is 6.42 Å². The monoisotopic (exact) mass is 160 g/mol. The van der Waals surface area contributed by atoms with E-state index in [0.29, 0.717) is 0 Å². The molecule has 62 valence electrons. The van der Waals surface area contributed by atoms with Gasteiger partial charge < -0.3 is 5.11 Å². The van der Waals surface area contributed by atoms with Gasteiger partial charge in [-0.2, -0.15) is 0 Å². The van der Waals surface area contributed by atoms with Crippen LogP contribution in [0, 0.1) is 0 Å². The van der Waals surface area contributed by atoms with Crippen molar-refractivity contribution in [1.29, 1.82) is 0 Å². The summed E-state index contributed by atoms with van der Waals surface area (Å²) < 4.78 is 0. The maximum atomic E-state index is 9.47. The number of benzene rings is 1. The average Bonchev–Trinajstić information content (AvgIpc) is 2.02. The summed E-state index contributed by atoms with van der Waals surface area (Å²) in [6.07, 6.45) is 2.69. The molecule has 1 unspecified atom stereocenters. The van der Waals surface area contributed by atoms with Crippen LogP contribution >= 0.6 is 0 Å². The van der Waals surface area contributed by atoms with E-state index in [1.165, 1.54) is 11.1 Å². The number of aliphatic hydroxyl groups is 1. The predicted octanol–water partition coefficient (Wildman–Crippen LogP) is 2.22. The Morgan fingerprint density at radius 1 is 1.25 bits per heavy atom. The Kier molecular flexibility index (Phi) is 1.55. The van der Waals surface area contributed by atoms with Crippen molar-refractivity contribution in [2.45, 2.75) is 18.9 Å². The zero-order valence-electron chi connectivity index (χ0n) is 7.12. The lowest BCUT2D eigenvalue weighted by atomic mass is 9.80. The summed E-state index contributed by atoms with van der Waals surface area (Å²) in [7, 11) is 0. The zero-order valence-corrected chi connectivity index (χ0v) is 7.12. The molecule has 1 heteroatoms. The Labute approximate surface area is 72.4 Å². The molecule has 0 fully saturated rings. The van der Waals surface area contributed by atoms with Gasteiger partial charge in [0.1, 0.15) is 0 Å². The van der Waals surface area contributed by atoms with Crippen LogP contribution in [0.25, 0.3) is 5.57 Å². The van der Waals surface area contributed by atoms with E-state index in [9.17, 15) is 5.11 Å². The van der Waals surface area contributed by atoms with Crippen molar-refractivity contribution in [3.63, 3.8) is 0 Å². The number of hydrogen-bond donors (Lipinski definition) is 1. The molecule has 0 saturated carbocycles. The molecule has 1 N–H and O–H groups in total. The second-order valence-corrected chi connectivity index (χ2v) is 3.57. The van der Waals surface area contributed by atoms with E-state index in [-0.39, 0.29) is 0 Å². The van der Waals surface area contributed by atoms with Gasteiger partial charge in [-0.25, -0.2) is 0 Å². The van der Waals surface area contributed by atoms with E-state index in [1.54, 1.807) is 0 Å². The Morgan fingerprint density at radius 3 is 2.33 bits per heavy atom. The molecule has 0 amide bonds. The van der Waals surface area contributed by atoms with Crippen LogP contribution in [0.2, 0.25) is 0 Å². The van der Waals surface area contributed by atoms with Crippen molar-refractivity contribution in [2.24, 2.45) is 0 Å². The van der Waals surface area contributed by atoms with Crippen LogP contribution in [0.5, 0.6) is 0 Å². The normalized spacial score (nSPS) is 27.7. The molecule has 0 aliphatic heterocycles. The molecule has 1 aliphatic rings. The summed E-state index contributed by atoms with van der Waals surface area (Å²) in [4.78, 5) is 0. The lowest BCUT2D eigenvalue weighted by Gasteiger charge is -2.31. The first-order chi connectivity index (χ1) is 5.67. The largest absolute Gasteiger partial charge is 0.386 e. The molecule has 0 radical (unpaired) electrons. The van der Waals surface area contributed by atoms with Crippen LogP contribution < -0.4 is 0 Å². The zero-order chi connectivity index (χ0) is 8.60. The maximum Gasteiger partial charge on any atom is 0.0845 e. The molecule has 0 heterocycles. The Hall–Kier alpha value is -1.08. The highest BCUT2D eigenvalue weighted by molar-refractivity contribution is 5.73. The van der Waals surface area contributed by atoms with Crippen LogP contribution in [0.15, 0.2) is 36.4 Å². The molecule has 0 bridgehead atoms. The molecule has 12 heavy (non-hydrogen) atoms. The number of hydrogen-bond acceptors (Lipinski definition) is 1. The highest BCUT2D eigenvalue weighted by atomic mass is 16.3. The first-order valence-corrected chi connectivity index (χ1v) is 4.17. The predicted molar refractivity (Wildman–Crippen MR) is 49.7 cm³/mol. The molecular weight excluding hydrogens is 148 g/mol. The number of rotatable bonds is 1. The van der Waals surface area contributed by atoms with Gasteiger partial charge in [-0.05, 0) is 24.1 Å². The van der Waals surface area contributed by atoms with Crippen LogP contribution in [0.3, 0.4) is 0 Å². The van der Waals surface area contributed by atoms with Gasteiger partial charge >= 0.3 is 0 Å². The standard InChI is InChI=1S/C11H12O/c1-11(12)7-10(8-11)9-5-3-2-4-6-9/h2-7,12H,8H2,1H3. The minimum Gasteiger partial charge on any atom is -0.386 e. The van der Waals surface area contributed by atoms with Crippen molar-refractivity contribution in [1.82, 2.24) is 0 Å². The average molecular weight is 160 g/mol. The first kappa shape index (κ1) is 7.56. The second kappa shape index (κ2) is 2.46. The van der Waals surface area contributed by atoms with Gasteiger partial charge in [-0.3, -0.25) is 0 Å². The van der Waals surface area contributed by atoms with Crippen LogP contribution in [-0.2, 0) is 0 Å². The quantitative estimate of drug-likeness (QED) is 0.668. The lowest BCUT2D eigenvalue weighted by Crippen LogP contribution is -2.29. The Bertz CT molecular complexity index is 309. The fourth-order valence-corrected chi connectivity index (χ4v) is 1.57. The smallest absolute Gasteiger partial charge is 0.0845 e. The summed E-state index contributed by atoms with van der Waals surface area (Å²) in [5, 5.41) is 9.47. The van der Waals surface area contributed by atoms with Crippen LogP contribution in [0.4, 0.5) is 0 Å². The van der Waals surface area contributed by atoms with Crippen molar-refractivity contribution in [3.8, 4) is 0 Å². The summed E-state index contributed by atoms with van der Waals surface area (Å²) in [6, 6.07) is 10.2. The topological polar surface area (TPSA) is 20.2 Å². The third kappa shape index (κ3) is 1.28. The third-order valence-corrected chi connectivity index (χ3v) is 2.18. The third-order valence-electron chi connectivity index (χ3n) is 2.18. The Morgan fingerprint density at radius 2 is 1.83 bits per heavy atom. The Balaban J connectivity index is 2.26. The molecule has 2 rings (SSSR count). The van der Waals surface area contributed by atoms with E-state index >= 15 is 0 Å². The van der Waals surface area contributed by atoms with E-state index in [2.05, 4.69) is 12.1 Å². The van der Waals surface area contributed by atoms with Gasteiger partial charge in [-0.1, -0.05) is 30.3 Å². The van der Waals surface area contributed by atoms with Gasteiger partial charge in [0.15, 0.2) is 0 Å². The first-order valence-electron chi connectivity index (χ1n) is 4.17. The van der Waals surface area contributed by atoms with Crippen LogP contribution in [-0.4, -0.2) is 10.7 Å². The summed E-state index contributed by atoms with van der Waals surface area (Å²) in [5.41, 5.74) is 1.91. The van der Waals surface area contributed by atoms with Gasteiger partial charge in [0.25, 0.3) is 0 Å². The van der Waals surface area contributed by atoms with Gasteiger partial charge in [-0.15, -0.1) is 0 Å². The van der Waals surface area contributed by atoms with Gasteiger partial charge in [0.2, 0.25) is 0 Å². The molecule has 1 aliphatic carbocycles. The second-order valence-electron chi connectivity index (χ2n) is 3.57. The molecular formula is C11H12O. The molecule has 1 atom stereocenters. The SMILES string of the molecule is CC1(O)C=C(c2ccccc2)C1. The molecule has 0 spiro atoms. The van der Waals surface area contributed by atoms with Crippen molar-refractivity contribution in [2.75, 3.05) is 0 Å². The van der Waals surface area contributed by atoms with E-state index in [0.717, 1.165) is 6.42 Å². The molecule has 0 aromatic heterocycles. The van der Waals surface area contributed by atoms with E-state index in [4.69, 9.17) is 0 Å². The molecule has 1 nitrogen and oxygen atoms in total. The summed E-state index contributed by atoms with van der Waals surface area (Å²) >= 11 is 0. The fourth-order valence-electron chi connectivity index (χ4n) is 1.57. The maximum absolute atomic E-state index is 9.47. The van der Waals surface area contributed by atoms with Crippen LogP contribution in [0.1, 0.15) is 18.9 Å². The fraction of sp³-hybridized carbons (Fsp3) is 0.273. The minimum atomic E-state index is -0.564. The molecule has 0 saturated heterocycles. The minimum absolute atomic E-state index is 0.564. The highest BCUT2D eigenvalue weighted by Gasteiger charge is 2.29. The highest BCUT2D eigenvalue weighted by Crippen LogP contribution is 2.36. The van der Waals surface area contributed by atoms with E-state index in [1.807, 2.05) is 31.2 Å².